The van der Waals surface area contributed by atoms with Gasteiger partial charge in [-0.15, -0.1) is 0 Å². The van der Waals surface area contributed by atoms with Crippen LogP contribution in [0, 0.1) is 0 Å². The number of aryl methyl sites for hydroxylation is 1. The van der Waals surface area contributed by atoms with Crippen LogP contribution in [0.1, 0.15) is 32.0 Å². The van der Waals surface area contributed by atoms with Crippen LogP contribution in [0.3, 0.4) is 0 Å². The molecule has 0 amide bonds. The van der Waals surface area contributed by atoms with Crippen molar-refractivity contribution >= 4 is 15.9 Å². The van der Waals surface area contributed by atoms with Gasteiger partial charge >= 0.3 is 0 Å². The number of nitrogens with zero attached hydrogens (tertiary/aromatic N) is 3. The standard InChI is InChI=1S/C12H23BrN4/c1-5-17(6-2)8-7-11(14-3)12-10(13)9-15-16(12)4/h9,11,14H,5-8H2,1-4H3. The van der Waals surface area contributed by atoms with Gasteiger partial charge in [0.15, 0.2) is 0 Å². The van der Waals surface area contributed by atoms with Gasteiger partial charge in [0.25, 0.3) is 0 Å². The zero-order valence-electron chi connectivity index (χ0n) is 11.2. The van der Waals surface area contributed by atoms with Crippen molar-refractivity contribution in [1.29, 1.82) is 0 Å². The van der Waals surface area contributed by atoms with Crippen LogP contribution in [0.25, 0.3) is 0 Å². The Kier molecular flexibility index (Phi) is 6.16. The Balaban J connectivity index is 2.66. The molecular formula is C12H23BrN4. The molecule has 0 aliphatic rings. The maximum atomic E-state index is 4.27. The molecule has 0 fully saturated rings. The van der Waals surface area contributed by atoms with E-state index in [1.165, 1.54) is 5.69 Å². The zero-order chi connectivity index (χ0) is 12.8. The lowest BCUT2D eigenvalue weighted by molar-refractivity contribution is 0.282. The molecule has 1 aromatic heterocycles. The van der Waals surface area contributed by atoms with Crippen molar-refractivity contribution in [2.24, 2.45) is 7.05 Å². The van der Waals surface area contributed by atoms with E-state index in [-0.39, 0.29) is 0 Å². The second-order valence-electron chi connectivity index (χ2n) is 4.16. The SMILES string of the molecule is CCN(CC)CCC(NC)c1c(Br)cnn1C. The fraction of sp³-hybridized carbons (Fsp3) is 0.750. The van der Waals surface area contributed by atoms with Gasteiger partial charge in [-0.1, -0.05) is 13.8 Å². The molecule has 0 radical (unpaired) electrons. The average molecular weight is 303 g/mol. The third-order valence-electron chi connectivity index (χ3n) is 3.24. The number of nitrogens with one attached hydrogen (secondary N) is 1. The summed E-state index contributed by atoms with van der Waals surface area (Å²) < 4.78 is 3.02. The lowest BCUT2D eigenvalue weighted by atomic mass is 10.1. The molecule has 0 aromatic carbocycles. The smallest absolute Gasteiger partial charge is 0.0692 e. The van der Waals surface area contributed by atoms with Crippen LogP contribution < -0.4 is 5.32 Å². The first kappa shape index (κ1) is 14.7. The first-order valence-corrected chi connectivity index (χ1v) is 7.00. The third-order valence-corrected chi connectivity index (χ3v) is 3.86. The highest BCUT2D eigenvalue weighted by Crippen LogP contribution is 2.24. The summed E-state index contributed by atoms with van der Waals surface area (Å²) in [7, 11) is 3.99. The van der Waals surface area contributed by atoms with Gasteiger partial charge in [0.2, 0.25) is 0 Å². The van der Waals surface area contributed by atoms with Crippen LogP contribution in [-0.4, -0.2) is 41.4 Å². The molecule has 1 heterocycles. The van der Waals surface area contributed by atoms with Gasteiger partial charge in [-0.25, -0.2) is 0 Å². The molecular weight excluding hydrogens is 280 g/mol. The fourth-order valence-corrected chi connectivity index (χ4v) is 2.71. The summed E-state index contributed by atoms with van der Waals surface area (Å²) in [6, 6.07) is 0.345. The van der Waals surface area contributed by atoms with Crippen LogP contribution in [0.5, 0.6) is 0 Å². The molecule has 0 spiro atoms. The van der Waals surface area contributed by atoms with Crippen LogP contribution >= 0.6 is 15.9 Å². The Bertz CT molecular complexity index is 314. The summed E-state index contributed by atoms with van der Waals surface area (Å²) in [5.41, 5.74) is 1.22. The molecule has 1 unspecified atom stereocenters. The van der Waals surface area contributed by atoms with E-state index in [4.69, 9.17) is 0 Å². The summed E-state index contributed by atoms with van der Waals surface area (Å²) in [6.45, 7) is 7.74. The highest BCUT2D eigenvalue weighted by molar-refractivity contribution is 9.10. The van der Waals surface area contributed by atoms with Crippen molar-refractivity contribution in [1.82, 2.24) is 20.0 Å². The predicted molar refractivity (Wildman–Crippen MR) is 75.1 cm³/mol. The van der Waals surface area contributed by atoms with Crippen molar-refractivity contribution in [3.63, 3.8) is 0 Å². The second kappa shape index (κ2) is 7.13. The number of aromatic nitrogens is 2. The Labute approximate surface area is 113 Å². The van der Waals surface area contributed by atoms with Crippen LogP contribution in [0.4, 0.5) is 0 Å². The molecule has 0 bridgehead atoms. The minimum atomic E-state index is 0.345. The van der Waals surface area contributed by atoms with Crippen molar-refractivity contribution in [2.75, 3.05) is 26.7 Å². The van der Waals surface area contributed by atoms with E-state index >= 15 is 0 Å². The first-order chi connectivity index (χ1) is 8.13. The van der Waals surface area contributed by atoms with Crippen LogP contribution in [0.15, 0.2) is 10.7 Å². The van der Waals surface area contributed by atoms with Crippen molar-refractivity contribution in [2.45, 2.75) is 26.3 Å². The summed E-state index contributed by atoms with van der Waals surface area (Å²) in [6.07, 6.45) is 2.95. The van der Waals surface area contributed by atoms with Gasteiger partial charge in [-0.2, -0.15) is 5.10 Å². The molecule has 0 saturated carbocycles. The fourth-order valence-electron chi connectivity index (χ4n) is 2.08. The van der Waals surface area contributed by atoms with Gasteiger partial charge in [-0.05, 0) is 49.0 Å². The quantitative estimate of drug-likeness (QED) is 0.838. The third kappa shape index (κ3) is 3.79. The van der Waals surface area contributed by atoms with Gasteiger partial charge in [0, 0.05) is 7.05 Å². The predicted octanol–water partition coefficient (Wildman–Crippen LogP) is 2.17. The second-order valence-corrected chi connectivity index (χ2v) is 5.01. The maximum Gasteiger partial charge on any atom is 0.0692 e. The van der Waals surface area contributed by atoms with E-state index in [1.54, 1.807) is 0 Å². The first-order valence-electron chi connectivity index (χ1n) is 6.21. The minimum Gasteiger partial charge on any atom is -0.312 e. The van der Waals surface area contributed by atoms with E-state index in [9.17, 15) is 0 Å². The summed E-state index contributed by atoms with van der Waals surface area (Å²) in [5, 5.41) is 7.64. The molecule has 98 valence electrons. The Hall–Kier alpha value is -0.390. The van der Waals surface area contributed by atoms with Crippen molar-refractivity contribution < 1.29 is 0 Å². The monoisotopic (exact) mass is 302 g/mol. The van der Waals surface area contributed by atoms with E-state index in [1.807, 2.05) is 25.0 Å². The molecule has 1 N–H and O–H groups in total. The number of hydrogen-bond donors (Lipinski definition) is 1. The lowest BCUT2D eigenvalue weighted by Crippen LogP contribution is -2.29. The highest BCUT2D eigenvalue weighted by atomic mass is 79.9. The number of rotatable bonds is 7. The molecule has 5 heteroatoms. The zero-order valence-corrected chi connectivity index (χ0v) is 12.8. The van der Waals surface area contributed by atoms with E-state index in [0.29, 0.717) is 6.04 Å². The van der Waals surface area contributed by atoms with E-state index in [0.717, 1.165) is 30.5 Å². The molecule has 1 rings (SSSR count). The summed E-state index contributed by atoms with van der Waals surface area (Å²) in [5.74, 6) is 0. The molecule has 1 atom stereocenters. The lowest BCUT2D eigenvalue weighted by Gasteiger charge is -2.23. The minimum absolute atomic E-state index is 0.345. The number of hydrogen-bond acceptors (Lipinski definition) is 3. The Morgan fingerprint density at radius 3 is 2.53 bits per heavy atom. The Morgan fingerprint density at radius 1 is 1.47 bits per heavy atom. The summed E-state index contributed by atoms with van der Waals surface area (Å²) in [4.78, 5) is 2.44. The van der Waals surface area contributed by atoms with E-state index in [2.05, 4.69) is 45.1 Å². The van der Waals surface area contributed by atoms with Crippen molar-refractivity contribution in [3.8, 4) is 0 Å². The van der Waals surface area contributed by atoms with Crippen molar-refractivity contribution in [3.05, 3.63) is 16.4 Å². The van der Waals surface area contributed by atoms with Gasteiger partial charge in [0.1, 0.15) is 0 Å². The normalized spacial score (nSPS) is 13.3. The van der Waals surface area contributed by atoms with Gasteiger partial charge in [-0.3, -0.25) is 4.68 Å². The molecule has 17 heavy (non-hydrogen) atoms. The average Bonchev–Trinajstić information content (AvgIpc) is 2.66. The van der Waals surface area contributed by atoms with Crippen LogP contribution in [-0.2, 0) is 7.05 Å². The topological polar surface area (TPSA) is 33.1 Å². The van der Waals surface area contributed by atoms with Crippen LogP contribution in [0.2, 0.25) is 0 Å². The maximum absolute atomic E-state index is 4.27. The molecule has 0 saturated heterocycles. The van der Waals surface area contributed by atoms with Gasteiger partial charge in [0.05, 0.1) is 22.4 Å². The largest absolute Gasteiger partial charge is 0.312 e. The Morgan fingerprint density at radius 2 is 2.12 bits per heavy atom. The van der Waals surface area contributed by atoms with Gasteiger partial charge < -0.3 is 10.2 Å². The molecule has 4 nitrogen and oxygen atoms in total. The molecule has 1 aromatic rings. The van der Waals surface area contributed by atoms with E-state index < -0.39 is 0 Å². The molecule has 0 aliphatic carbocycles. The molecule has 0 aliphatic heterocycles. The summed E-state index contributed by atoms with van der Waals surface area (Å²) >= 11 is 3.56. The number of halogens is 1. The highest BCUT2D eigenvalue weighted by Gasteiger charge is 2.17.